The summed E-state index contributed by atoms with van der Waals surface area (Å²) in [7, 11) is 0. The van der Waals surface area contributed by atoms with Crippen LogP contribution < -0.4 is 0 Å². The minimum atomic E-state index is 0.577. The maximum atomic E-state index is 7.32. The number of furan rings is 1. The van der Waals surface area contributed by atoms with Gasteiger partial charge < -0.3 is 4.42 Å². The fourth-order valence-corrected chi connectivity index (χ4v) is 8.17. The van der Waals surface area contributed by atoms with E-state index in [1.165, 1.54) is 0 Å². The van der Waals surface area contributed by atoms with E-state index in [9.17, 15) is 0 Å². The largest absolute Gasteiger partial charge is 0.455 e. The van der Waals surface area contributed by atoms with Crippen LogP contribution >= 0.6 is 0 Å². The van der Waals surface area contributed by atoms with Gasteiger partial charge in [0, 0.05) is 38.8 Å². The molecule has 0 radical (unpaired) electrons. The van der Waals surface area contributed by atoms with Crippen molar-refractivity contribution in [3.8, 4) is 90.1 Å². The third kappa shape index (κ3) is 6.84. The Morgan fingerprint density at radius 2 is 0.705 bits per heavy atom. The van der Waals surface area contributed by atoms with Gasteiger partial charge in [-0.15, -0.1) is 0 Å². The monoisotopic (exact) mass is 780 g/mol. The Hall–Kier alpha value is -8.28. The second-order valence-corrected chi connectivity index (χ2v) is 15.0. The van der Waals surface area contributed by atoms with E-state index in [2.05, 4.69) is 140 Å². The first-order chi connectivity index (χ1) is 30.2. The van der Waals surface area contributed by atoms with Crippen LogP contribution in [0.15, 0.2) is 223 Å². The molecular formula is C56H36N4O. The van der Waals surface area contributed by atoms with Gasteiger partial charge in [-0.05, 0) is 64.2 Å². The highest BCUT2D eigenvalue weighted by Crippen LogP contribution is 2.48. The van der Waals surface area contributed by atoms with Gasteiger partial charge in [-0.2, -0.15) is 0 Å². The second-order valence-electron chi connectivity index (χ2n) is 15.0. The third-order valence-electron chi connectivity index (χ3n) is 11.1. The molecule has 0 aliphatic heterocycles. The minimum absolute atomic E-state index is 0.577. The molecule has 8 aromatic carbocycles. The van der Waals surface area contributed by atoms with E-state index in [0.29, 0.717) is 17.5 Å². The van der Waals surface area contributed by atoms with E-state index < -0.39 is 0 Å². The lowest BCUT2D eigenvalue weighted by Gasteiger charge is -2.13. The van der Waals surface area contributed by atoms with Crippen molar-refractivity contribution in [1.29, 1.82) is 0 Å². The first-order valence-corrected chi connectivity index (χ1v) is 20.4. The third-order valence-corrected chi connectivity index (χ3v) is 11.1. The highest BCUT2D eigenvalue weighted by Gasteiger charge is 2.26. The number of hydrogen-bond donors (Lipinski definition) is 0. The van der Waals surface area contributed by atoms with E-state index >= 15 is 0 Å². The van der Waals surface area contributed by atoms with Gasteiger partial charge in [0.2, 0.25) is 0 Å². The van der Waals surface area contributed by atoms with Crippen LogP contribution in [-0.2, 0) is 0 Å². The van der Waals surface area contributed by atoms with E-state index in [4.69, 9.17) is 24.4 Å². The topological polar surface area (TPSA) is 64.7 Å². The summed E-state index contributed by atoms with van der Waals surface area (Å²) in [6.45, 7) is 0. The predicted molar refractivity (Wildman–Crippen MR) is 248 cm³/mol. The van der Waals surface area contributed by atoms with Crippen molar-refractivity contribution in [2.24, 2.45) is 0 Å². The van der Waals surface area contributed by atoms with Crippen molar-refractivity contribution >= 4 is 21.9 Å². The van der Waals surface area contributed by atoms with E-state index in [-0.39, 0.29) is 0 Å². The number of para-hydroxylation sites is 1. The molecule has 11 rings (SSSR count). The number of benzene rings is 8. The van der Waals surface area contributed by atoms with E-state index in [1.807, 2.05) is 78.9 Å². The highest BCUT2D eigenvalue weighted by molar-refractivity contribution is 6.17. The smallest absolute Gasteiger partial charge is 0.164 e. The molecule has 3 heterocycles. The fraction of sp³-hybridized carbons (Fsp3) is 0. The summed E-state index contributed by atoms with van der Waals surface area (Å²) < 4.78 is 7.32. The number of fused-ring (bicyclic) bond motifs is 3. The lowest BCUT2D eigenvalue weighted by molar-refractivity contribution is 0.636. The average Bonchev–Trinajstić information content (AvgIpc) is 3.76. The normalized spacial score (nSPS) is 11.3. The Labute approximate surface area is 353 Å². The zero-order valence-electron chi connectivity index (χ0n) is 33.0. The molecule has 286 valence electrons. The molecule has 0 spiro atoms. The van der Waals surface area contributed by atoms with Crippen LogP contribution in [0, 0.1) is 0 Å². The first kappa shape index (κ1) is 35.8. The Morgan fingerprint density at radius 3 is 1.26 bits per heavy atom. The van der Waals surface area contributed by atoms with Gasteiger partial charge in [0.15, 0.2) is 17.5 Å². The zero-order chi connectivity index (χ0) is 40.5. The van der Waals surface area contributed by atoms with Gasteiger partial charge in [0.1, 0.15) is 11.3 Å². The van der Waals surface area contributed by atoms with Gasteiger partial charge in [0.25, 0.3) is 0 Å². The summed E-state index contributed by atoms with van der Waals surface area (Å²) in [5, 5.41) is 1.88. The number of pyridine rings is 1. The SMILES string of the molecule is c1ccc(-c2cc(-c3ccccc3)cc(-c3oc4c(c(-c5ccccc5)nc5ccccc54)c3-c3cccc(-c4nc(-c5ccccc5)nc(-c5ccccc5)n4)c3)c2)cc1. The standard InChI is InChI=1S/C56H36N4O/c1-6-19-37(20-7-1)44-34-45(38-21-8-2-9-22-38)36-46(35-44)52-49(50-51(39-23-10-3-11-24-39)57-48-32-17-16-31-47(48)53(50)61-52)42-29-18-30-43(33-42)56-59-54(40-25-12-4-13-26-40)58-55(60-56)41-27-14-5-15-28-41/h1-36H. The van der Waals surface area contributed by atoms with Crippen molar-refractivity contribution in [3.05, 3.63) is 218 Å². The molecule has 5 heteroatoms. The molecule has 0 saturated carbocycles. The summed E-state index contributed by atoms with van der Waals surface area (Å²) in [4.78, 5) is 20.5. The molecule has 11 aromatic rings. The molecule has 0 unspecified atom stereocenters. The van der Waals surface area contributed by atoms with Gasteiger partial charge in [0.05, 0.1) is 16.6 Å². The summed E-state index contributed by atoms with van der Waals surface area (Å²) >= 11 is 0. The van der Waals surface area contributed by atoms with Crippen LogP contribution in [0.4, 0.5) is 0 Å². The number of nitrogens with zero attached hydrogens (tertiary/aromatic N) is 4. The summed E-state index contributed by atoms with van der Waals surface area (Å²) in [6.07, 6.45) is 0. The lowest BCUT2D eigenvalue weighted by Crippen LogP contribution is -2.00. The van der Waals surface area contributed by atoms with Gasteiger partial charge in [-0.1, -0.05) is 182 Å². The maximum Gasteiger partial charge on any atom is 0.164 e. The number of aromatic nitrogens is 4. The molecule has 0 aliphatic carbocycles. The Morgan fingerprint density at radius 1 is 0.295 bits per heavy atom. The van der Waals surface area contributed by atoms with Gasteiger partial charge in [-0.25, -0.2) is 19.9 Å². The van der Waals surface area contributed by atoms with Crippen LogP contribution in [0.3, 0.4) is 0 Å². The molecule has 0 bridgehead atoms. The van der Waals surface area contributed by atoms with Crippen LogP contribution in [0.5, 0.6) is 0 Å². The van der Waals surface area contributed by atoms with Crippen molar-refractivity contribution in [2.75, 3.05) is 0 Å². The molecule has 0 fully saturated rings. The van der Waals surface area contributed by atoms with E-state index in [0.717, 1.165) is 94.5 Å². The molecule has 0 amide bonds. The van der Waals surface area contributed by atoms with Crippen LogP contribution in [0.25, 0.3) is 112 Å². The van der Waals surface area contributed by atoms with Crippen LogP contribution in [0.1, 0.15) is 0 Å². The number of hydrogen-bond acceptors (Lipinski definition) is 5. The van der Waals surface area contributed by atoms with Gasteiger partial charge >= 0.3 is 0 Å². The van der Waals surface area contributed by atoms with Crippen molar-refractivity contribution < 1.29 is 4.42 Å². The number of rotatable bonds is 8. The van der Waals surface area contributed by atoms with Crippen molar-refractivity contribution in [3.63, 3.8) is 0 Å². The maximum absolute atomic E-state index is 7.32. The summed E-state index contributed by atoms with van der Waals surface area (Å²) in [5.74, 6) is 2.55. The fourth-order valence-electron chi connectivity index (χ4n) is 8.17. The first-order valence-electron chi connectivity index (χ1n) is 20.4. The Balaban J connectivity index is 1.21. The second kappa shape index (κ2) is 15.5. The molecule has 0 N–H and O–H groups in total. The highest BCUT2D eigenvalue weighted by atomic mass is 16.3. The Kier molecular flexibility index (Phi) is 9.10. The summed E-state index contributed by atoms with van der Waals surface area (Å²) in [6, 6.07) is 75.1. The summed E-state index contributed by atoms with van der Waals surface area (Å²) in [5.41, 5.74) is 13.5. The average molecular weight is 781 g/mol. The van der Waals surface area contributed by atoms with Crippen LogP contribution in [0.2, 0.25) is 0 Å². The van der Waals surface area contributed by atoms with Gasteiger partial charge in [-0.3, -0.25) is 0 Å². The zero-order valence-corrected chi connectivity index (χ0v) is 33.0. The molecule has 3 aromatic heterocycles. The molecule has 5 nitrogen and oxygen atoms in total. The molecular weight excluding hydrogens is 745 g/mol. The quantitative estimate of drug-likeness (QED) is 0.154. The Bertz CT molecular complexity index is 3220. The molecule has 61 heavy (non-hydrogen) atoms. The van der Waals surface area contributed by atoms with Crippen molar-refractivity contribution in [1.82, 2.24) is 19.9 Å². The molecule has 0 aliphatic rings. The molecule has 0 saturated heterocycles. The van der Waals surface area contributed by atoms with E-state index in [1.54, 1.807) is 0 Å². The lowest BCUT2D eigenvalue weighted by atomic mass is 9.91. The molecule has 0 atom stereocenters. The minimum Gasteiger partial charge on any atom is -0.455 e. The predicted octanol–water partition coefficient (Wildman–Crippen LogP) is 14.5. The van der Waals surface area contributed by atoms with Crippen LogP contribution in [-0.4, -0.2) is 19.9 Å². The van der Waals surface area contributed by atoms with Crippen molar-refractivity contribution in [2.45, 2.75) is 0 Å².